The molecule has 1 saturated heterocycles. The number of carbonyl (C=O) groups excluding carboxylic acids is 1. The van der Waals surface area contributed by atoms with Crippen LogP contribution in [0.5, 0.6) is 11.5 Å². The van der Waals surface area contributed by atoms with E-state index in [4.69, 9.17) is 14.6 Å². The fourth-order valence-corrected chi connectivity index (χ4v) is 3.97. The van der Waals surface area contributed by atoms with Crippen molar-refractivity contribution < 1.29 is 24.2 Å². The van der Waals surface area contributed by atoms with Gasteiger partial charge >= 0.3 is 5.97 Å². The molecule has 0 bridgehead atoms. The molecule has 0 atom stereocenters. The summed E-state index contributed by atoms with van der Waals surface area (Å²) in [4.78, 5) is 34.1. The fourth-order valence-electron chi connectivity index (χ4n) is 2.42. The molecule has 0 spiro atoms. The zero-order valence-corrected chi connectivity index (χ0v) is 17.0. The Labute approximate surface area is 175 Å². The number of ether oxygens (including phenoxy) is 2. The van der Waals surface area contributed by atoms with Gasteiger partial charge in [-0.2, -0.15) is 4.99 Å². The van der Waals surface area contributed by atoms with Gasteiger partial charge in [0.05, 0.1) is 12.0 Å². The summed E-state index contributed by atoms with van der Waals surface area (Å²) in [6.45, 7) is 3.56. The first-order valence-electron chi connectivity index (χ1n) is 8.35. The monoisotopic (exact) mass is 431 g/mol. The number of nitrogens with zero attached hydrogens (tertiary/aromatic N) is 3. The normalized spacial score (nSPS) is 16.4. The summed E-state index contributed by atoms with van der Waals surface area (Å²) in [7, 11) is 1.46. The summed E-state index contributed by atoms with van der Waals surface area (Å²) in [6.07, 6.45) is 5.01. The summed E-state index contributed by atoms with van der Waals surface area (Å²) < 4.78 is 10.5. The molecule has 1 aromatic heterocycles. The molecule has 0 unspecified atom stereocenters. The molecule has 10 heteroatoms. The minimum Gasteiger partial charge on any atom is -0.493 e. The second-order valence-electron chi connectivity index (χ2n) is 5.62. The average molecular weight is 431 g/mol. The number of aliphatic imine (C=N–C) groups is 1. The summed E-state index contributed by atoms with van der Waals surface area (Å²) in [6, 6.07) is 4.99. The van der Waals surface area contributed by atoms with E-state index in [1.807, 2.05) is 5.38 Å². The van der Waals surface area contributed by atoms with Gasteiger partial charge in [-0.1, -0.05) is 12.1 Å². The van der Waals surface area contributed by atoms with Crippen LogP contribution >= 0.6 is 23.1 Å². The molecule has 2 heterocycles. The lowest BCUT2D eigenvalue weighted by Gasteiger charge is -2.11. The summed E-state index contributed by atoms with van der Waals surface area (Å²) in [5.74, 6) is -0.589. The van der Waals surface area contributed by atoms with Crippen LogP contribution in [-0.2, 0) is 9.59 Å². The number of aliphatic carboxylic acids is 1. The van der Waals surface area contributed by atoms with E-state index in [1.54, 1.807) is 36.5 Å². The van der Waals surface area contributed by atoms with Crippen molar-refractivity contribution in [3.05, 3.63) is 52.9 Å². The third kappa shape index (κ3) is 5.04. The second kappa shape index (κ2) is 9.39. The highest BCUT2D eigenvalue weighted by atomic mass is 32.2. The maximum absolute atomic E-state index is 12.8. The van der Waals surface area contributed by atoms with Crippen molar-refractivity contribution in [2.24, 2.45) is 4.99 Å². The van der Waals surface area contributed by atoms with Crippen molar-refractivity contribution in [2.75, 3.05) is 20.3 Å². The molecule has 1 fully saturated rings. The number of hydrogen-bond donors (Lipinski definition) is 1. The van der Waals surface area contributed by atoms with Crippen molar-refractivity contribution in [1.82, 2.24) is 9.88 Å². The molecule has 1 amide bonds. The highest BCUT2D eigenvalue weighted by Gasteiger charge is 2.32. The van der Waals surface area contributed by atoms with E-state index in [1.165, 1.54) is 35.1 Å². The molecule has 0 radical (unpaired) electrons. The number of carboxylic acid groups (broad SMARTS) is 1. The van der Waals surface area contributed by atoms with Crippen molar-refractivity contribution in [2.45, 2.75) is 0 Å². The van der Waals surface area contributed by atoms with Crippen LogP contribution in [-0.4, -0.2) is 52.3 Å². The van der Waals surface area contributed by atoms with E-state index in [0.717, 1.165) is 0 Å². The zero-order valence-electron chi connectivity index (χ0n) is 15.4. The smallest absolute Gasteiger partial charge is 0.341 e. The second-order valence-corrected chi connectivity index (χ2v) is 7.50. The van der Waals surface area contributed by atoms with Gasteiger partial charge < -0.3 is 14.6 Å². The highest BCUT2D eigenvalue weighted by molar-refractivity contribution is 8.18. The molecule has 29 heavy (non-hydrogen) atoms. The Morgan fingerprint density at radius 2 is 2.24 bits per heavy atom. The lowest BCUT2D eigenvalue weighted by Crippen LogP contribution is -2.29. The first kappa shape index (κ1) is 20.6. The van der Waals surface area contributed by atoms with Gasteiger partial charge in [-0.05, 0) is 35.5 Å². The minimum absolute atomic E-state index is 0.185. The maximum atomic E-state index is 12.8. The van der Waals surface area contributed by atoms with Crippen LogP contribution in [0.2, 0.25) is 0 Å². The maximum Gasteiger partial charge on any atom is 0.341 e. The minimum atomic E-state index is -1.08. The third-order valence-corrected chi connectivity index (χ3v) is 5.32. The molecule has 1 aliphatic rings. The molecule has 2 aromatic rings. The summed E-state index contributed by atoms with van der Waals surface area (Å²) in [5.41, 5.74) is 0.703. The van der Waals surface area contributed by atoms with E-state index in [0.29, 0.717) is 38.8 Å². The number of rotatable bonds is 8. The first-order chi connectivity index (χ1) is 14.0. The van der Waals surface area contributed by atoms with Crippen molar-refractivity contribution in [3.8, 4) is 11.5 Å². The average Bonchev–Trinajstić information content (AvgIpc) is 3.31. The topological polar surface area (TPSA) is 101 Å². The molecular formula is C19H17N3O5S2. The van der Waals surface area contributed by atoms with Crippen LogP contribution < -0.4 is 9.47 Å². The van der Waals surface area contributed by atoms with Gasteiger partial charge in [0.25, 0.3) is 5.91 Å². The van der Waals surface area contributed by atoms with Crippen molar-refractivity contribution in [3.63, 3.8) is 0 Å². The molecule has 1 N–H and O–H groups in total. The SMILES string of the molecule is C=CCN1C(=O)C(=Cc2ccc(OCC(=O)O)c(OC)c2)SC1=Nc1nccs1. The van der Waals surface area contributed by atoms with Gasteiger partial charge in [0.2, 0.25) is 5.13 Å². The Morgan fingerprint density at radius 3 is 2.90 bits per heavy atom. The predicted octanol–water partition coefficient (Wildman–Crippen LogP) is 3.41. The number of benzene rings is 1. The van der Waals surface area contributed by atoms with Crippen LogP contribution in [0.25, 0.3) is 6.08 Å². The van der Waals surface area contributed by atoms with Gasteiger partial charge in [-0.25, -0.2) is 9.78 Å². The number of thioether (sulfide) groups is 1. The van der Waals surface area contributed by atoms with E-state index < -0.39 is 12.6 Å². The van der Waals surface area contributed by atoms with Crippen molar-refractivity contribution >= 4 is 51.4 Å². The Morgan fingerprint density at radius 1 is 1.41 bits per heavy atom. The van der Waals surface area contributed by atoms with E-state index in [-0.39, 0.29) is 5.91 Å². The summed E-state index contributed by atoms with van der Waals surface area (Å²) >= 11 is 2.63. The zero-order chi connectivity index (χ0) is 20.8. The lowest BCUT2D eigenvalue weighted by molar-refractivity contribution is -0.139. The third-order valence-electron chi connectivity index (χ3n) is 3.65. The van der Waals surface area contributed by atoms with Gasteiger partial charge in [-0.3, -0.25) is 9.69 Å². The number of hydrogen-bond acceptors (Lipinski definition) is 8. The Balaban J connectivity index is 1.88. The molecule has 8 nitrogen and oxygen atoms in total. The number of carboxylic acids is 1. The quantitative estimate of drug-likeness (QED) is 0.505. The fraction of sp³-hybridized carbons (Fsp3) is 0.158. The van der Waals surface area contributed by atoms with Crippen molar-refractivity contribution in [1.29, 1.82) is 0 Å². The van der Waals surface area contributed by atoms with E-state index >= 15 is 0 Å². The molecule has 150 valence electrons. The number of amidine groups is 1. The molecule has 0 saturated carbocycles. The number of amides is 1. The predicted molar refractivity (Wildman–Crippen MR) is 113 cm³/mol. The summed E-state index contributed by atoms with van der Waals surface area (Å²) in [5, 5.41) is 11.7. The van der Waals surface area contributed by atoms with Gasteiger partial charge in [0.1, 0.15) is 0 Å². The standard InChI is InChI=1S/C19H17N3O5S2/c1-3-7-22-17(25)15(29-19(22)21-18-20-6-8-28-18)10-12-4-5-13(14(9-12)26-2)27-11-16(23)24/h3-6,8-10H,1,7,11H2,2H3,(H,23,24). The Hall–Kier alpha value is -3.11. The van der Waals surface area contributed by atoms with Gasteiger partial charge in [0, 0.05) is 18.1 Å². The van der Waals surface area contributed by atoms with E-state index in [9.17, 15) is 9.59 Å². The highest BCUT2D eigenvalue weighted by Crippen LogP contribution is 2.36. The molecule has 3 rings (SSSR count). The number of methoxy groups -OCH3 is 1. The first-order valence-corrected chi connectivity index (χ1v) is 10.0. The Kier molecular flexibility index (Phi) is 6.68. The Bertz CT molecular complexity index is 986. The molecular weight excluding hydrogens is 414 g/mol. The molecule has 1 aromatic carbocycles. The van der Waals surface area contributed by atoms with Crippen LogP contribution in [0, 0.1) is 0 Å². The van der Waals surface area contributed by atoms with Crippen LogP contribution in [0.4, 0.5) is 5.13 Å². The largest absolute Gasteiger partial charge is 0.493 e. The van der Waals surface area contributed by atoms with Gasteiger partial charge in [-0.15, -0.1) is 17.9 Å². The van der Waals surface area contributed by atoms with Gasteiger partial charge in [0.15, 0.2) is 23.3 Å². The number of thiazole rings is 1. The van der Waals surface area contributed by atoms with Crippen LogP contribution in [0.15, 0.2) is 52.3 Å². The number of aromatic nitrogens is 1. The molecule has 1 aliphatic heterocycles. The van der Waals surface area contributed by atoms with E-state index in [2.05, 4.69) is 16.6 Å². The van der Waals surface area contributed by atoms with Crippen LogP contribution in [0.1, 0.15) is 5.56 Å². The number of carbonyl (C=O) groups is 2. The van der Waals surface area contributed by atoms with Crippen LogP contribution in [0.3, 0.4) is 0 Å². The molecule has 0 aliphatic carbocycles. The lowest BCUT2D eigenvalue weighted by atomic mass is 10.2.